The first-order valence-electron chi connectivity index (χ1n) is 15.9. The normalized spacial score (nSPS) is 23.1. The summed E-state index contributed by atoms with van der Waals surface area (Å²) in [5.74, 6) is -7.03. The molecule has 2 saturated carbocycles. The van der Waals surface area contributed by atoms with Crippen LogP contribution < -0.4 is 0 Å². The first-order chi connectivity index (χ1) is 21.1. The van der Waals surface area contributed by atoms with E-state index in [0.29, 0.717) is 43.1 Å². The lowest BCUT2D eigenvalue weighted by Gasteiger charge is -2.32. The average Bonchev–Trinajstić information content (AvgIpc) is 3.03. The van der Waals surface area contributed by atoms with Crippen molar-refractivity contribution in [3.63, 3.8) is 0 Å². The standard InChI is InChI=1S/C36H40F6O2/c1-2-3-29(43)28-17-15-25(32(38)35(28)41)23-12-8-21(9-13-23)5-4-20-6-10-22(11-7-20)24-14-16-26(33(39)31(24)37)27-18-19-30(44)36(42)34(27)40/h14-23,29,43-44H,2-13H2,1H3. The molecule has 0 aliphatic heterocycles. The second-order valence-electron chi connectivity index (χ2n) is 12.8. The number of aliphatic hydroxyl groups is 1. The number of rotatable bonds is 9. The number of benzene rings is 3. The highest BCUT2D eigenvalue weighted by molar-refractivity contribution is 5.66. The zero-order valence-corrected chi connectivity index (χ0v) is 25.0. The minimum absolute atomic E-state index is 0.0280. The van der Waals surface area contributed by atoms with E-state index in [-0.39, 0.29) is 28.5 Å². The lowest BCUT2D eigenvalue weighted by atomic mass is 9.73. The molecule has 0 spiro atoms. The lowest BCUT2D eigenvalue weighted by molar-refractivity contribution is 0.160. The maximum atomic E-state index is 15.1. The van der Waals surface area contributed by atoms with Gasteiger partial charge in [0.25, 0.3) is 0 Å². The molecule has 0 aromatic heterocycles. The SMILES string of the molecule is CCCC(O)c1ccc(C2CCC(CCC3CCC(c4ccc(-c5ccc(O)c(F)c5F)c(F)c4F)CC3)CC2)c(F)c1F. The smallest absolute Gasteiger partial charge is 0.200 e. The molecule has 238 valence electrons. The predicted molar refractivity (Wildman–Crippen MR) is 158 cm³/mol. The predicted octanol–water partition coefficient (Wildman–Crippen LogP) is 10.8. The first kappa shape index (κ1) is 32.4. The van der Waals surface area contributed by atoms with Crippen molar-refractivity contribution in [3.05, 3.63) is 88.0 Å². The molecule has 3 aromatic carbocycles. The number of hydrogen-bond donors (Lipinski definition) is 2. The third-order valence-electron chi connectivity index (χ3n) is 10.1. The largest absolute Gasteiger partial charge is 0.505 e. The molecular weight excluding hydrogens is 578 g/mol. The molecule has 2 fully saturated rings. The number of aliphatic hydroxyl groups excluding tert-OH is 1. The van der Waals surface area contributed by atoms with Gasteiger partial charge in [0.15, 0.2) is 34.8 Å². The Morgan fingerprint density at radius 3 is 1.57 bits per heavy atom. The molecule has 44 heavy (non-hydrogen) atoms. The molecule has 0 bridgehead atoms. The van der Waals surface area contributed by atoms with Crippen LogP contribution in [0, 0.1) is 46.7 Å². The molecule has 3 aromatic rings. The van der Waals surface area contributed by atoms with Crippen LogP contribution in [-0.4, -0.2) is 10.2 Å². The summed E-state index contributed by atoms with van der Waals surface area (Å²) in [4.78, 5) is 0. The van der Waals surface area contributed by atoms with E-state index in [9.17, 15) is 32.2 Å². The zero-order valence-electron chi connectivity index (χ0n) is 25.0. The van der Waals surface area contributed by atoms with Gasteiger partial charge in [-0.05, 0) is 105 Å². The summed E-state index contributed by atoms with van der Waals surface area (Å²) in [6.07, 6.45) is 8.85. The molecule has 2 aliphatic rings. The van der Waals surface area contributed by atoms with Crippen LogP contribution in [0.5, 0.6) is 5.75 Å². The average molecular weight is 619 g/mol. The molecule has 2 aliphatic carbocycles. The van der Waals surface area contributed by atoms with Gasteiger partial charge >= 0.3 is 0 Å². The van der Waals surface area contributed by atoms with Crippen LogP contribution in [0.25, 0.3) is 11.1 Å². The van der Waals surface area contributed by atoms with E-state index < -0.39 is 52.3 Å². The van der Waals surface area contributed by atoms with Crippen LogP contribution in [-0.2, 0) is 0 Å². The molecule has 0 radical (unpaired) electrons. The monoisotopic (exact) mass is 618 g/mol. The van der Waals surface area contributed by atoms with Crippen molar-refractivity contribution in [2.24, 2.45) is 11.8 Å². The number of hydrogen-bond acceptors (Lipinski definition) is 2. The summed E-state index contributed by atoms with van der Waals surface area (Å²) < 4.78 is 87.8. The van der Waals surface area contributed by atoms with Gasteiger partial charge in [-0.25, -0.2) is 22.0 Å². The van der Waals surface area contributed by atoms with E-state index in [1.165, 1.54) is 18.2 Å². The molecule has 0 amide bonds. The second kappa shape index (κ2) is 14.0. The Hall–Kier alpha value is -3.00. The van der Waals surface area contributed by atoms with E-state index in [4.69, 9.17) is 0 Å². The fourth-order valence-electron chi connectivity index (χ4n) is 7.41. The fraction of sp³-hybridized carbons (Fsp3) is 0.500. The Balaban J connectivity index is 1.11. The Morgan fingerprint density at radius 2 is 1.05 bits per heavy atom. The van der Waals surface area contributed by atoms with Crippen molar-refractivity contribution in [1.82, 2.24) is 0 Å². The minimum Gasteiger partial charge on any atom is -0.505 e. The van der Waals surface area contributed by atoms with Gasteiger partial charge in [0, 0.05) is 16.7 Å². The van der Waals surface area contributed by atoms with E-state index in [0.717, 1.165) is 63.5 Å². The molecular formula is C36H40F6O2. The summed E-state index contributed by atoms with van der Waals surface area (Å²) in [5, 5.41) is 19.5. The van der Waals surface area contributed by atoms with Crippen LogP contribution in [0.2, 0.25) is 0 Å². The highest BCUT2D eigenvalue weighted by Crippen LogP contribution is 2.44. The van der Waals surface area contributed by atoms with Crippen LogP contribution in [0.15, 0.2) is 36.4 Å². The van der Waals surface area contributed by atoms with Gasteiger partial charge in [-0.15, -0.1) is 0 Å². The third kappa shape index (κ3) is 6.65. The third-order valence-corrected chi connectivity index (χ3v) is 10.1. The van der Waals surface area contributed by atoms with Gasteiger partial charge in [-0.3, -0.25) is 0 Å². The summed E-state index contributed by atoms with van der Waals surface area (Å²) >= 11 is 0. The van der Waals surface area contributed by atoms with Crippen molar-refractivity contribution in [2.45, 2.75) is 102 Å². The number of phenols is 1. The van der Waals surface area contributed by atoms with E-state index >= 15 is 4.39 Å². The minimum atomic E-state index is -1.50. The Morgan fingerprint density at radius 1 is 0.591 bits per heavy atom. The molecule has 8 heteroatoms. The van der Waals surface area contributed by atoms with Gasteiger partial charge in [0.1, 0.15) is 0 Å². The molecule has 2 nitrogen and oxygen atoms in total. The highest BCUT2D eigenvalue weighted by Gasteiger charge is 2.30. The van der Waals surface area contributed by atoms with E-state index in [1.807, 2.05) is 6.92 Å². The molecule has 1 unspecified atom stereocenters. The van der Waals surface area contributed by atoms with Crippen molar-refractivity contribution < 1.29 is 36.6 Å². The Kier molecular flexibility index (Phi) is 10.3. The number of halogens is 6. The van der Waals surface area contributed by atoms with E-state index in [2.05, 4.69) is 0 Å². The summed E-state index contributed by atoms with van der Waals surface area (Å²) in [5.41, 5.74) is -0.147. The second-order valence-corrected chi connectivity index (χ2v) is 12.8. The molecule has 5 rings (SSSR count). The van der Waals surface area contributed by atoms with Gasteiger partial charge in [0.05, 0.1) is 6.10 Å². The van der Waals surface area contributed by atoms with Crippen LogP contribution in [0.4, 0.5) is 26.3 Å². The van der Waals surface area contributed by atoms with E-state index in [1.54, 1.807) is 6.07 Å². The van der Waals surface area contributed by atoms with Gasteiger partial charge < -0.3 is 10.2 Å². The lowest BCUT2D eigenvalue weighted by Crippen LogP contribution is -2.18. The number of phenolic OH excluding ortho intramolecular Hbond substituents is 1. The van der Waals surface area contributed by atoms with Gasteiger partial charge in [-0.2, -0.15) is 4.39 Å². The molecule has 1 atom stereocenters. The topological polar surface area (TPSA) is 40.5 Å². The fourth-order valence-corrected chi connectivity index (χ4v) is 7.41. The van der Waals surface area contributed by atoms with Crippen LogP contribution >= 0.6 is 0 Å². The number of aromatic hydroxyl groups is 1. The zero-order chi connectivity index (χ0) is 31.5. The maximum Gasteiger partial charge on any atom is 0.200 e. The van der Waals surface area contributed by atoms with Gasteiger partial charge in [0.2, 0.25) is 5.82 Å². The van der Waals surface area contributed by atoms with Crippen LogP contribution in [0.1, 0.15) is 119 Å². The first-order valence-corrected chi connectivity index (χ1v) is 15.9. The Labute approximate surface area is 255 Å². The molecule has 0 heterocycles. The Bertz CT molecular complexity index is 1460. The summed E-state index contributed by atoms with van der Waals surface area (Å²) in [6, 6.07) is 7.84. The van der Waals surface area contributed by atoms with Gasteiger partial charge in [-0.1, -0.05) is 50.5 Å². The summed E-state index contributed by atoms with van der Waals surface area (Å²) in [7, 11) is 0. The molecule has 2 N–H and O–H groups in total. The van der Waals surface area contributed by atoms with Crippen molar-refractivity contribution in [3.8, 4) is 16.9 Å². The summed E-state index contributed by atoms with van der Waals surface area (Å²) in [6.45, 7) is 1.89. The molecule has 0 saturated heterocycles. The van der Waals surface area contributed by atoms with Crippen molar-refractivity contribution >= 4 is 0 Å². The maximum absolute atomic E-state index is 15.1. The van der Waals surface area contributed by atoms with Crippen molar-refractivity contribution in [2.75, 3.05) is 0 Å². The van der Waals surface area contributed by atoms with Crippen LogP contribution in [0.3, 0.4) is 0 Å². The highest BCUT2D eigenvalue weighted by atomic mass is 19.2. The quantitative estimate of drug-likeness (QED) is 0.234. The van der Waals surface area contributed by atoms with Crippen molar-refractivity contribution in [1.29, 1.82) is 0 Å².